The third-order valence-corrected chi connectivity index (χ3v) is 3.93. The number of nitrogens with zero attached hydrogens (tertiary/aromatic N) is 2. The molecule has 2 aromatic carbocycles. The van der Waals surface area contributed by atoms with Crippen molar-refractivity contribution in [2.45, 2.75) is 26.3 Å². The molecule has 25 heavy (non-hydrogen) atoms. The first-order valence-corrected chi connectivity index (χ1v) is 8.33. The lowest BCUT2D eigenvalue weighted by atomic mass is 10.0. The number of carbonyl (C=O) groups is 1. The van der Waals surface area contributed by atoms with Crippen molar-refractivity contribution in [3.63, 3.8) is 0 Å². The standard InChI is InChI=1S/C21H21N2O2/c1-16(2)18-8-10-19(11-9-18)25-21(24)20-15-23(13-12-22-20)14-17-6-4-3-5-7-17/h3-13,15-16H,14H2,1-2H3/q+1. The van der Waals surface area contributed by atoms with Crippen molar-refractivity contribution in [1.82, 2.24) is 4.98 Å². The van der Waals surface area contributed by atoms with E-state index in [1.165, 1.54) is 5.56 Å². The van der Waals surface area contributed by atoms with Gasteiger partial charge in [0.2, 0.25) is 11.9 Å². The van der Waals surface area contributed by atoms with E-state index in [0.29, 0.717) is 18.2 Å². The van der Waals surface area contributed by atoms with E-state index in [2.05, 4.69) is 18.8 Å². The van der Waals surface area contributed by atoms with Gasteiger partial charge in [-0.05, 0) is 23.6 Å². The summed E-state index contributed by atoms with van der Waals surface area (Å²) in [5.41, 5.74) is 2.65. The van der Waals surface area contributed by atoms with Gasteiger partial charge in [0.25, 0.3) is 0 Å². The monoisotopic (exact) mass is 333 g/mol. The van der Waals surface area contributed by atoms with Crippen LogP contribution in [-0.4, -0.2) is 11.0 Å². The zero-order valence-electron chi connectivity index (χ0n) is 14.4. The van der Waals surface area contributed by atoms with Crippen molar-refractivity contribution in [2.24, 2.45) is 0 Å². The summed E-state index contributed by atoms with van der Waals surface area (Å²) < 4.78 is 7.34. The number of esters is 1. The highest BCUT2D eigenvalue weighted by Gasteiger charge is 2.15. The van der Waals surface area contributed by atoms with Crippen LogP contribution in [-0.2, 0) is 6.54 Å². The minimum Gasteiger partial charge on any atom is -0.422 e. The first-order valence-electron chi connectivity index (χ1n) is 8.33. The van der Waals surface area contributed by atoms with Crippen LogP contribution >= 0.6 is 0 Å². The minimum atomic E-state index is -0.459. The van der Waals surface area contributed by atoms with Gasteiger partial charge in [-0.2, -0.15) is 4.57 Å². The Hall–Kier alpha value is -3.01. The van der Waals surface area contributed by atoms with Gasteiger partial charge in [-0.1, -0.05) is 56.3 Å². The highest BCUT2D eigenvalue weighted by molar-refractivity contribution is 5.88. The normalized spacial score (nSPS) is 10.7. The molecule has 0 aliphatic carbocycles. The topological polar surface area (TPSA) is 43.1 Å². The largest absolute Gasteiger partial charge is 0.422 e. The summed E-state index contributed by atoms with van der Waals surface area (Å²) in [5, 5.41) is 0. The summed E-state index contributed by atoms with van der Waals surface area (Å²) in [6, 6.07) is 17.6. The summed E-state index contributed by atoms with van der Waals surface area (Å²) in [6.45, 7) is 4.92. The van der Waals surface area contributed by atoms with Gasteiger partial charge in [-0.15, -0.1) is 0 Å². The smallest absolute Gasteiger partial charge is 0.368 e. The molecular weight excluding hydrogens is 312 g/mol. The molecule has 1 heterocycles. The van der Waals surface area contributed by atoms with Gasteiger partial charge in [0.05, 0.1) is 6.20 Å². The van der Waals surface area contributed by atoms with Crippen molar-refractivity contribution in [2.75, 3.05) is 0 Å². The van der Waals surface area contributed by atoms with E-state index < -0.39 is 5.97 Å². The molecule has 0 saturated carbocycles. The quantitative estimate of drug-likeness (QED) is 0.406. The lowest BCUT2D eigenvalue weighted by Gasteiger charge is -2.07. The molecule has 0 bridgehead atoms. The molecule has 3 rings (SSSR count). The SMILES string of the molecule is CC(C)c1ccc(OC(=O)c2c[n+](Cc3ccccc3)ccn2)cc1. The van der Waals surface area contributed by atoms with E-state index in [9.17, 15) is 4.79 Å². The Kier molecular flexibility index (Phi) is 5.19. The van der Waals surface area contributed by atoms with Crippen LogP contribution in [0.1, 0.15) is 41.4 Å². The van der Waals surface area contributed by atoms with Crippen molar-refractivity contribution in [3.8, 4) is 5.75 Å². The molecule has 0 N–H and O–H groups in total. The molecule has 0 saturated heterocycles. The summed E-state index contributed by atoms with van der Waals surface area (Å²) in [5.74, 6) is 0.506. The Bertz CT molecular complexity index is 843. The molecule has 0 radical (unpaired) electrons. The van der Waals surface area contributed by atoms with Crippen LogP contribution in [0.5, 0.6) is 5.75 Å². The van der Waals surface area contributed by atoms with Crippen LogP contribution < -0.4 is 9.30 Å². The van der Waals surface area contributed by atoms with E-state index in [-0.39, 0.29) is 5.69 Å². The van der Waals surface area contributed by atoms with E-state index in [4.69, 9.17) is 4.74 Å². The zero-order valence-corrected chi connectivity index (χ0v) is 14.4. The van der Waals surface area contributed by atoms with Crippen LogP contribution in [0.2, 0.25) is 0 Å². The molecule has 0 amide bonds. The van der Waals surface area contributed by atoms with E-state index >= 15 is 0 Å². The summed E-state index contributed by atoms with van der Waals surface area (Å²) in [4.78, 5) is 16.5. The first kappa shape index (κ1) is 16.8. The number of rotatable bonds is 5. The summed E-state index contributed by atoms with van der Waals surface area (Å²) in [6.07, 6.45) is 5.15. The minimum absolute atomic E-state index is 0.284. The fourth-order valence-corrected chi connectivity index (χ4v) is 2.51. The van der Waals surface area contributed by atoms with E-state index in [0.717, 1.165) is 5.56 Å². The number of carbonyl (C=O) groups excluding carboxylic acids is 1. The average Bonchev–Trinajstić information content (AvgIpc) is 2.63. The maximum atomic E-state index is 12.3. The third kappa shape index (κ3) is 4.51. The summed E-state index contributed by atoms with van der Waals surface area (Å²) >= 11 is 0. The molecule has 0 aliphatic heterocycles. The van der Waals surface area contributed by atoms with Crippen LogP contribution in [0.15, 0.2) is 73.2 Å². The molecule has 0 aliphatic rings. The lowest BCUT2D eigenvalue weighted by molar-refractivity contribution is -0.689. The molecule has 0 atom stereocenters. The Morgan fingerprint density at radius 3 is 2.48 bits per heavy atom. The molecule has 3 aromatic rings. The van der Waals surface area contributed by atoms with Crippen molar-refractivity contribution in [3.05, 3.63) is 90.0 Å². The molecule has 0 fully saturated rings. The second-order valence-electron chi connectivity index (χ2n) is 6.21. The van der Waals surface area contributed by atoms with Gasteiger partial charge in [0.1, 0.15) is 5.75 Å². The first-order chi connectivity index (χ1) is 12.1. The van der Waals surface area contributed by atoms with Gasteiger partial charge in [-0.3, -0.25) is 0 Å². The third-order valence-electron chi connectivity index (χ3n) is 3.93. The molecule has 0 spiro atoms. The van der Waals surface area contributed by atoms with Gasteiger partial charge in [0.15, 0.2) is 12.7 Å². The molecule has 4 nitrogen and oxygen atoms in total. The molecular formula is C21H21N2O2+. The lowest BCUT2D eigenvalue weighted by Crippen LogP contribution is -2.35. The maximum Gasteiger partial charge on any atom is 0.368 e. The molecule has 0 unspecified atom stereocenters. The Morgan fingerprint density at radius 1 is 1.08 bits per heavy atom. The number of ether oxygens (including phenoxy) is 1. The van der Waals surface area contributed by atoms with Crippen LogP contribution in [0, 0.1) is 0 Å². The molecule has 4 heteroatoms. The van der Waals surface area contributed by atoms with Crippen molar-refractivity contribution >= 4 is 5.97 Å². The number of hydrogen-bond acceptors (Lipinski definition) is 3. The average molecular weight is 333 g/mol. The number of benzene rings is 2. The predicted octanol–water partition coefficient (Wildman–Crippen LogP) is 3.76. The fourth-order valence-electron chi connectivity index (χ4n) is 2.51. The summed E-state index contributed by atoms with van der Waals surface area (Å²) in [7, 11) is 0. The van der Waals surface area contributed by atoms with Crippen molar-refractivity contribution in [1.29, 1.82) is 0 Å². The van der Waals surface area contributed by atoms with Crippen LogP contribution in [0.4, 0.5) is 0 Å². The van der Waals surface area contributed by atoms with Crippen molar-refractivity contribution < 1.29 is 14.1 Å². The van der Waals surface area contributed by atoms with Gasteiger partial charge in [-0.25, -0.2) is 9.78 Å². The predicted molar refractivity (Wildman–Crippen MR) is 95.5 cm³/mol. The second kappa shape index (κ2) is 7.71. The Morgan fingerprint density at radius 2 is 1.80 bits per heavy atom. The Balaban J connectivity index is 1.70. The second-order valence-corrected chi connectivity index (χ2v) is 6.21. The highest BCUT2D eigenvalue weighted by Crippen LogP contribution is 2.19. The zero-order chi connectivity index (χ0) is 17.6. The maximum absolute atomic E-state index is 12.3. The van der Waals surface area contributed by atoms with Gasteiger partial charge in [0, 0.05) is 5.56 Å². The number of hydrogen-bond donors (Lipinski definition) is 0. The highest BCUT2D eigenvalue weighted by atomic mass is 16.5. The number of aromatic nitrogens is 2. The van der Waals surface area contributed by atoms with Gasteiger partial charge >= 0.3 is 5.97 Å². The van der Waals surface area contributed by atoms with Crippen LogP contribution in [0.3, 0.4) is 0 Å². The van der Waals surface area contributed by atoms with Gasteiger partial charge < -0.3 is 4.74 Å². The van der Waals surface area contributed by atoms with E-state index in [1.807, 2.05) is 65.4 Å². The molecule has 126 valence electrons. The fraction of sp³-hybridized carbons (Fsp3) is 0.190. The Labute approximate surface area is 147 Å². The van der Waals surface area contributed by atoms with Crippen LogP contribution in [0.25, 0.3) is 0 Å². The molecule has 1 aromatic heterocycles. The van der Waals surface area contributed by atoms with E-state index in [1.54, 1.807) is 12.4 Å².